The summed E-state index contributed by atoms with van der Waals surface area (Å²) in [6, 6.07) is 6.20. The molecule has 0 atom stereocenters. The number of rotatable bonds is 3. The van der Waals surface area contributed by atoms with Crippen molar-refractivity contribution in [2.75, 3.05) is 40.3 Å². The van der Waals surface area contributed by atoms with Crippen LogP contribution in [0, 0.1) is 0 Å². The van der Waals surface area contributed by atoms with Crippen LogP contribution >= 0.6 is 0 Å². The number of carbonyl (C=O) groups excluding carboxylic acids is 1. The molecule has 0 spiro atoms. The van der Waals surface area contributed by atoms with Gasteiger partial charge in [-0.1, -0.05) is 6.07 Å². The first-order valence-corrected chi connectivity index (χ1v) is 7.89. The Morgan fingerprint density at radius 3 is 2.50 bits per heavy atom. The second kappa shape index (κ2) is 5.90. The summed E-state index contributed by atoms with van der Waals surface area (Å²) >= 11 is 0. The Morgan fingerprint density at radius 2 is 1.90 bits per heavy atom. The van der Waals surface area contributed by atoms with Crippen molar-refractivity contribution < 1.29 is 13.2 Å². The van der Waals surface area contributed by atoms with Gasteiger partial charge in [-0.2, -0.15) is 4.31 Å². The van der Waals surface area contributed by atoms with Gasteiger partial charge >= 0.3 is 0 Å². The average molecular weight is 297 g/mol. The molecule has 1 amide bonds. The van der Waals surface area contributed by atoms with Crippen LogP contribution in [0.4, 0.5) is 0 Å². The van der Waals surface area contributed by atoms with Crippen molar-refractivity contribution in [1.82, 2.24) is 14.5 Å². The molecule has 1 saturated heterocycles. The first-order valence-electron chi connectivity index (χ1n) is 6.45. The van der Waals surface area contributed by atoms with Gasteiger partial charge in [-0.05, 0) is 18.2 Å². The van der Waals surface area contributed by atoms with E-state index in [-0.39, 0.29) is 10.8 Å². The van der Waals surface area contributed by atoms with Crippen LogP contribution in [0.3, 0.4) is 0 Å². The Hall–Kier alpha value is -1.44. The smallest absolute Gasteiger partial charge is 0.253 e. The van der Waals surface area contributed by atoms with Crippen molar-refractivity contribution in [2.45, 2.75) is 4.90 Å². The van der Waals surface area contributed by atoms with Crippen LogP contribution in [-0.4, -0.2) is 63.8 Å². The Bertz CT molecular complexity index is 593. The highest BCUT2D eigenvalue weighted by atomic mass is 32.2. The summed E-state index contributed by atoms with van der Waals surface area (Å²) in [6.07, 6.45) is 0. The van der Waals surface area contributed by atoms with Gasteiger partial charge in [0, 0.05) is 45.8 Å². The second-order valence-corrected chi connectivity index (χ2v) is 6.82. The summed E-state index contributed by atoms with van der Waals surface area (Å²) in [5.41, 5.74) is 0.381. The maximum absolute atomic E-state index is 12.5. The predicted molar refractivity (Wildman–Crippen MR) is 76.1 cm³/mol. The number of hydrogen-bond acceptors (Lipinski definition) is 4. The van der Waals surface area contributed by atoms with Crippen LogP contribution < -0.4 is 5.32 Å². The molecule has 1 aromatic rings. The topological polar surface area (TPSA) is 69.7 Å². The molecule has 0 unspecified atom stereocenters. The minimum absolute atomic E-state index is 0.173. The van der Waals surface area contributed by atoms with Gasteiger partial charge in [-0.15, -0.1) is 0 Å². The zero-order chi connectivity index (χ0) is 14.8. The molecule has 1 fully saturated rings. The van der Waals surface area contributed by atoms with Crippen LogP contribution in [0.5, 0.6) is 0 Å². The first kappa shape index (κ1) is 15.0. The lowest BCUT2D eigenvalue weighted by Gasteiger charge is -2.26. The minimum atomic E-state index is -3.52. The number of piperazine rings is 1. The summed E-state index contributed by atoms with van der Waals surface area (Å²) < 4.78 is 26.5. The third kappa shape index (κ3) is 3.00. The molecule has 6 nitrogen and oxygen atoms in total. The molecule has 0 bridgehead atoms. The predicted octanol–water partition coefficient (Wildman–Crippen LogP) is -0.0177. The number of carbonyl (C=O) groups is 1. The SMILES string of the molecule is CN(C)C(=O)c1cccc(S(=O)(=O)N2CCNCC2)c1. The average Bonchev–Trinajstić information content (AvgIpc) is 2.47. The number of amides is 1. The fourth-order valence-electron chi connectivity index (χ4n) is 2.08. The van der Waals surface area contributed by atoms with Crippen molar-refractivity contribution in [3.63, 3.8) is 0 Å². The van der Waals surface area contributed by atoms with E-state index >= 15 is 0 Å². The molecular formula is C13H19N3O3S. The lowest BCUT2D eigenvalue weighted by atomic mass is 10.2. The van der Waals surface area contributed by atoms with E-state index in [1.54, 1.807) is 26.2 Å². The Balaban J connectivity index is 2.32. The largest absolute Gasteiger partial charge is 0.345 e. The number of sulfonamides is 1. The summed E-state index contributed by atoms with van der Waals surface area (Å²) in [7, 11) is -0.244. The van der Waals surface area contributed by atoms with Crippen LogP contribution in [0.25, 0.3) is 0 Å². The van der Waals surface area contributed by atoms with E-state index in [0.717, 1.165) is 0 Å². The van der Waals surface area contributed by atoms with Gasteiger partial charge in [-0.3, -0.25) is 4.79 Å². The maximum atomic E-state index is 12.5. The number of nitrogens with one attached hydrogen (secondary N) is 1. The number of benzene rings is 1. The molecule has 20 heavy (non-hydrogen) atoms. The van der Waals surface area contributed by atoms with E-state index in [2.05, 4.69) is 5.32 Å². The number of nitrogens with zero attached hydrogens (tertiary/aromatic N) is 2. The molecule has 1 aliphatic rings. The molecule has 1 aromatic carbocycles. The lowest BCUT2D eigenvalue weighted by Crippen LogP contribution is -2.46. The lowest BCUT2D eigenvalue weighted by molar-refractivity contribution is 0.0827. The van der Waals surface area contributed by atoms with Crippen molar-refractivity contribution in [1.29, 1.82) is 0 Å². The van der Waals surface area contributed by atoms with Gasteiger partial charge in [0.25, 0.3) is 5.91 Å². The van der Waals surface area contributed by atoms with Gasteiger partial charge in [0.1, 0.15) is 0 Å². The second-order valence-electron chi connectivity index (χ2n) is 4.88. The van der Waals surface area contributed by atoms with E-state index in [1.165, 1.54) is 21.3 Å². The van der Waals surface area contributed by atoms with Crippen molar-refractivity contribution >= 4 is 15.9 Å². The molecule has 0 radical (unpaired) electrons. The Labute approximate surface area is 119 Å². The summed E-state index contributed by atoms with van der Waals surface area (Å²) in [6.45, 7) is 2.20. The molecule has 7 heteroatoms. The molecule has 0 aromatic heterocycles. The third-order valence-electron chi connectivity index (χ3n) is 3.20. The molecule has 0 saturated carbocycles. The van der Waals surface area contributed by atoms with Crippen LogP contribution in [0.1, 0.15) is 10.4 Å². The highest BCUT2D eigenvalue weighted by Gasteiger charge is 2.26. The summed E-state index contributed by atoms with van der Waals surface area (Å²) in [5, 5.41) is 3.12. The highest BCUT2D eigenvalue weighted by molar-refractivity contribution is 7.89. The van der Waals surface area contributed by atoms with E-state index < -0.39 is 10.0 Å². The molecule has 0 aliphatic carbocycles. The van der Waals surface area contributed by atoms with Crippen LogP contribution in [-0.2, 0) is 10.0 Å². The maximum Gasteiger partial charge on any atom is 0.253 e. The van der Waals surface area contributed by atoms with Gasteiger partial charge in [-0.25, -0.2) is 8.42 Å². The molecule has 1 aliphatic heterocycles. The van der Waals surface area contributed by atoms with Gasteiger partial charge in [0.05, 0.1) is 4.90 Å². The quantitative estimate of drug-likeness (QED) is 0.851. The molecular weight excluding hydrogens is 278 g/mol. The van der Waals surface area contributed by atoms with Gasteiger partial charge < -0.3 is 10.2 Å². The zero-order valence-corrected chi connectivity index (χ0v) is 12.5. The summed E-state index contributed by atoms with van der Waals surface area (Å²) in [4.78, 5) is 13.5. The molecule has 110 valence electrons. The standard InChI is InChI=1S/C13H19N3O3S/c1-15(2)13(17)11-4-3-5-12(10-11)20(18,19)16-8-6-14-7-9-16/h3-5,10,14H,6-9H2,1-2H3. The molecule has 1 N–H and O–H groups in total. The van der Waals surface area contributed by atoms with E-state index in [0.29, 0.717) is 31.7 Å². The van der Waals surface area contributed by atoms with Crippen molar-refractivity contribution in [2.24, 2.45) is 0 Å². The Morgan fingerprint density at radius 1 is 1.25 bits per heavy atom. The first-order chi connectivity index (χ1) is 9.43. The fraction of sp³-hybridized carbons (Fsp3) is 0.462. The number of hydrogen-bond donors (Lipinski definition) is 1. The van der Waals surface area contributed by atoms with Crippen LogP contribution in [0.2, 0.25) is 0 Å². The van der Waals surface area contributed by atoms with E-state index in [1.807, 2.05) is 0 Å². The Kier molecular flexibility index (Phi) is 4.42. The molecule has 2 rings (SSSR count). The summed E-state index contributed by atoms with van der Waals surface area (Å²) in [5.74, 6) is -0.206. The van der Waals surface area contributed by atoms with Crippen molar-refractivity contribution in [3.8, 4) is 0 Å². The highest BCUT2D eigenvalue weighted by Crippen LogP contribution is 2.18. The minimum Gasteiger partial charge on any atom is -0.345 e. The van der Waals surface area contributed by atoms with E-state index in [9.17, 15) is 13.2 Å². The zero-order valence-electron chi connectivity index (χ0n) is 11.7. The van der Waals surface area contributed by atoms with Crippen molar-refractivity contribution in [3.05, 3.63) is 29.8 Å². The normalized spacial score (nSPS) is 16.9. The third-order valence-corrected chi connectivity index (χ3v) is 5.10. The monoisotopic (exact) mass is 297 g/mol. The van der Waals surface area contributed by atoms with Crippen LogP contribution in [0.15, 0.2) is 29.2 Å². The fourth-order valence-corrected chi connectivity index (χ4v) is 3.57. The van der Waals surface area contributed by atoms with E-state index in [4.69, 9.17) is 0 Å². The van der Waals surface area contributed by atoms with Gasteiger partial charge in [0.15, 0.2) is 0 Å². The van der Waals surface area contributed by atoms with Gasteiger partial charge in [0.2, 0.25) is 10.0 Å². The molecule has 1 heterocycles.